The topological polar surface area (TPSA) is 150 Å². The number of carbonyl (C=O) groups excluding carboxylic acids is 2. The highest BCUT2D eigenvalue weighted by atomic mass is 19.1. The largest absolute Gasteiger partial charge is 0.493 e. The van der Waals surface area contributed by atoms with E-state index in [1.807, 2.05) is 0 Å². The highest BCUT2D eigenvalue weighted by Gasteiger charge is 2.15. The van der Waals surface area contributed by atoms with Gasteiger partial charge in [0.1, 0.15) is 12.4 Å². The van der Waals surface area contributed by atoms with Crippen molar-refractivity contribution in [3.05, 3.63) is 64.0 Å². The lowest BCUT2D eigenvalue weighted by Crippen LogP contribution is -2.28. The van der Waals surface area contributed by atoms with Crippen LogP contribution in [0.5, 0.6) is 5.88 Å². The summed E-state index contributed by atoms with van der Waals surface area (Å²) in [5.41, 5.74) is 0.0235. The first kappa shape index (κ1) is 18.6. The Hall–Kier alpha value is -4.15. The van der Waals surface area contributed by atoms with Gasteiger partial charge in [-0.05, 0) is 24.3 Å². The van der Waals surface area contributed by atoms with Crippen LogP contribution in [-0.2, 0) is 4.79 Å². The minimum absolute atomic E-state index is 0.0336. The van der Waals surface area contributed by atoms with Crippen LogP contribution in [0.3, 0.4) is 0 Å². The molecule has 10 nitrogen and oxygen atoms in total. The lowest BCUT2D eigenvalue weighted by molar-refractivity contribution is -0.384. The number of aromatic hydroxyl groups is 1. The predicted molar refractivity (Wildman–Crippen MR) is 94.9 cm³/mol. The van der Waals surface area contributed by atoms with Gasteiger partial charge in [0, 0.05) is 23.1 Å². The molecule has 0 fully saturated rings. The van der Waals surface area contributed by atoms with Gasteiger partial charge in [-0.2, -0.15) is 0 Å². The van der Waals surface area contributed by atoms with Crippen molar-refractivity contribution in [2.75, 3.05) is 6.54 Å². The molecule has 0 bridgehead atoms. The molecule has 0 aliphatic rings. The number of nitro groups is 1. The van der Waals surface area contributed by atoms with E-state index >= 15 is 0 Å². The van der Waals surface area contributed by atoms with Crippen LogP contribution in [0, 0.1) is 15.9 Å². The summed E-state index contributed by atoms with van der Waals surface area (Å²) in [5, 5.41) is 30.2. The Balaban J connectivity index is 1.72. The molecule has 3 aromatic rings. The molecule has 0 unspecified atom stereocenters. The number of nitro benzene ring substituents is 1. The molecule has 3 rings (SSSR count). The van der Waals surface area contributed by atoms with Crippen molar-refractivity contribution in [3.8, 4) is 5.88 Å². The fourth-order valence-electron chi connectivity index (χ4n) is 2.40. The molecule has 0 saturated heterocycles. The standard InChI is InChI=1S/C17H12FN5O5/c18-10-3-1-2-9(6-10)16(25)19-8-14(24)21-22-15-12-7-11(23(27)28)4-5-13(12)20-17(15)26/h1-7,20,26H,8H2,(H,19,25). The van der Waals surface area contributed by atoms with E-state index in [-0.39, 0.29) is 22.3 Å². The van der Waals surface area contributed by atoms with E-state index in [4.69, 9.17) is 0 Å². The molecule has 2 aromatic carbocycles. The van der Waals surface area contributed by atoms with Crippen LogP contribution >= 0.6 is 0 Å². The van der Waals surface area contributed by atoms with Crippen molar-refractivity contribution in [2.45, 2.75) is 0 Å². The molecule has 0 radical (unpaired) electrons. The van der Waals surface area contributed by atoms with Gasteiger partial charge in [-0.3, -0.25) is 19.7 Å². The van der Waals surface area contributed by atoms with E-state index in [0.29, 0.717) is 5.52 Å². The number of fused-ring (bicyclic) bond motifs is 1. The van der Waals surface area contributed by atoms with Gasteiger partial charge in [0.2, 0.25) is 5.88 Å². The van der Waals surface area contributed by atoms with Gasteiger partial charge >= 0.3 is 0 Å². The summed E-state index contributed by atoms with van der Waals surface area (Å²) in [6.07, 6.45) is 0. The third-order valence-electron chi connectivity index (χ3n) is 3.69. The molecule has 2 amide bonds. The molecule has 0 atom stereocenters. The van der Waals surface area contributed by atoms with Crippen molar-refractivity contribution < 1.29 is 24.0 Å². The third-order valence-corrected chi connectivity index (χ3v) is 3.69. The monoisotopic (exact) mass is 385 g/mol. The van der Waals surface area contributed by atoms with Crippen LogP contribution in [0.1, 0.15) is 10.4 Å². The second-order valence-corrected chi connectivity index (χ2v) is 5.60. The number of carbonyl (C=O) groups is 2. The van der Waals surface area contributed by atoms with E-state index in [1.165, 1.54) is 36.4 Å². The number of halogens is 1. The fourth-order valence-corrected chi connectivity index (χ4v) is 2.40. The lowest BCUT2D eigenvalue weighted by Gasteiger charge is -2.02. The lowest BCUT2D eigenvalue weighted by atomic mass is 10.2. The number of non-ortho nitro benzene ring substituents is 1. The Morgan fingerprint density at radius 2 is 2.04 bits per heavy atom. The smallest absolute Gasteiger partial charge is 0.283 e. The molecule has 0 saturated carbocycles. The normalized spacial score (nSPS) is 11.0. The van der Waals surface area contributed by atoms with Crippen LogP contribution in [0.25, 0.3) is 10.9 Å². The number of rotatable bonds is 5. The van der Waals surface area contributed by atoms with Crippen molar-refractivity contribution in [3.63, 3.8) is 0 Å². The fraction of sp³-hybridized carbons (Fsp3) is 0.0588. The molecule has 0 spiro atoms. The highest BCUT2D eigenvalue weighted by Crippen LogP contribution is 2.37. The summed E-state index contributed by atoms with van der Waals surface area (Å²) < 4.78 is 13.1. The maximum atomic E-state index is 13.1. The Morgan fingerprint density at radius 1 is 1.25 bits per heavy atom. The van der Waals surface area contributed by atoms with Crippen LogP contribution < -0.4 is 5.32 Å². The molecule has 1 heterocycles. The minimum Gasteiger partial charge on any atom is -0.493 e. The first-order chi connectivity index (χ1) is 13.3. The van der Waals surface area contributed by atoms with E-state index in [0.717, 1.165) is 6.07 Å². The van der Waals surface area contributed by atoms with Crippen molar-refractivity contribution in [1.29, 1.82) is 0 Å². The molecule has 0 aliphatic heterocycles. The highest BCUT2D eigenvalue weighted by molar-refractivity contribution is 5.97. The van der Waals surface area contributed by atoms with Gasteiger partial charge in [0.15, 0.2) is 5.69 Å². The van der Waals surface area contributed by atoms with Gasteiger partial charge in [-0.25, -0.2) is 4.39 Å². The number of H-pyrrole nitrogens is 1. The van der Waals surface area contributed by atoms with E-state index in [2.05, 4.69) is 20.5 Å². The summed E-state index contributed by atoms with van der Waals surface area (Å²) in [4.78, 5) is 36.5. The van der Waals surface area contributed by atoms with Crippen molar-refractivity contribution in [1.82, 2.24) is 10.3 Å². The third kappa shape index (κ3) is 3.98. The number of hydrogen-bond donors (Lipinski definition) is 3. The molecule has 11 heteroatoms. The number of amides is 2. The number of azo groups is 1. The van der Waals surface area contributed by atoms with Crippen molar-refractivity contribution in [2.24, 2.45) is 10.2 Å². The maximum Gasteiger partial charge on any atom is 0.283 e. The quantitative estimate of drug-likeness (QED) is 0.350. The molecule has 28 heavy (non-hydrogen) atoms. The van der Waals surface area contributed by atoms with Gasteiger partial charge < -0.3 is 15.4 Å². The Labute approximate surface area is 155 Å². The zero-order valence-electron chi connectivity index (χ0n) is 14.0. The maximum absolute atomic E-state index is 13.1. The van der Waals surface area contributed by atoms with E-state index in [1.54, 1.807) is 0 Å². The average Bonchev–Trinajstić information content (AvgIpc) is 2.98. The molecule has 3 N–H and O–H groups in total. The van der Waals surface area contributed by atoms with Crippen LogP contribution in [0.15, 0.2) is 52.7 Å². The summed E-state index contributed by atoms with van der Waals surface area (Å²) in [6.45, 7) is -0.512. The Kier molecular flexibility index (Phi) is 5.07. The van der Waals surface area contributed by atoms with Gasteiger partial charge in [-0.1, -0.05) is 6.07 Å². The summed E-state index contributed by atoms with van der Waals surface area (Å²) >= 11 is 0. The van der Waals surface area contributed by atoms with E-state index < -0.39 is 35.0 Å². The Bertz CT molecular complexity index is 1120. The molecular weight excluding hydrogens is 373 g/mol. The van der Waals surface area contributed by atoms with Crippen LogP contribution in [0.2, 0.25) is 0 Å². The summed E-state index contributed by atoms with van der Waals surface area (Å²) in [6, 6.07) is 8.72. The van der Waals surface area contributed by atoms with Crippen molar-refractivity contribution >= 4 is 34.1 Å². The zero-order valence-corrected chi connectivity index (χ0v) is 14.0. The first-order valence-electron chi connectivity index (χ1n) is 7.82. The average molecular weight is 385 g/mol. The molecular formula is C17H12FN5O5. The van der Waals surface area contributed by atoms with Gasteiger partial charge in [-0.15, -0.1) is 10.2 Å². The first-order valence-corrected chi connectivity index (χ1v) is 7.82. The second-order valence-electron chi connectivity index (χ2n) is 5.60. The predicted octanol–water partition coefficient (Wildman–Crippen LogP) is 2.96. The van der Waals surface area contributed by atoms with Gasteiger partial charge in [0.05, 0.1) is 10.4 Å². The number of benzene rings is 2. The second kappa shape index (κ2) is 7.61. The zero-order chi connectivity index (χ0) is 20.3. The number of nitrogens with one attached hydrogen (secondary N) is 2. The SMILES string of the molecule is O=C(CNC(=O)c1cccc(F)c1)N=Nc1c(O)[nH]c2ccc([N+](=O)[O-])cc12. The summed E-state index contributed by atoms with van der Waals surface area (Å²) in [7, 11) is 0. The molecule has 142 valence electrons. The number of aromatic amines is 1. The van der Waals surface area contributed by atoms with E-state index in [9.17, 15) is 29.2 Å². The number of nitrogens with zero attached hydrogens (tertiary/aromatic N) is 3. The van der Waals surface area contributed by atoms with Crippen LogP contribution in [0.4, 0.5) is 15.8 Å². The Morgan fingerprint density at radius 3 is 2.75 bits per heavy atom. The molecule has 1 aromatic heterocycles. The summed E-state index contributed by atoms with van der Waals surface area (Å²) in [5.74, 6) is -2.53. The number of aromatic nitrogens is 1. The minimum atomic E-state index is -0.844. The van der Waals surface area contributed by atoms with Crippen LogP contribution in [-0.4, -0.2) is 33.4 Å². The van der Waals surface area contributed by atoms with Gasteiger partial charge in [0.25, 0.3) is 17.5 Å². The number of hydrogen-bond acceptors (Lipinski definition) is 6. The molecule has 0 aliphatic carbocycles.